The molecule has 1 aromatic carbocycles. The molecule has 0 radical (unpaired) electrons. The Balaban J connectivity index is 1.99. The van der Waals surface area contributed by atoms with E-state index in [9.17, 15) is 4.39 Å². The quantitative estimate of drug-likeness (QED) is 0.445. The zero-order chi connectivity index (χ0) is 20.7. The molecule has 0 bridgehead atoms. The first kappa shape index (κ1) is 22.1. The fourth-order valence-corrected chi connectivity index (χ4v) is 3.61. The molecule has 0 N–H and O–H groups in total. The molecular weight excluding hydrogens is 347 g/mol. The van der Waals surface area contributed by atoms with Gasteiger partial charge in [-0.3, -0.25) is 4.99 Å². The number of hydrogen-bond acceptors (Lipinski definition) is 2. The molecule has 0 saturated heterocycles. The molecule has 3 heteroatoms. The molecule has 28 heavy (non-hydrogen) atoms. The van der Waals surface area contributed by atoms with Crippen LogP contribution in [-0.4, -0.2) is 23.3 Å². The van der Waals surface area contributed by atoms with Crippen molar-refractivity contribution in [2.24, 2.45) is 4.99 Å². The summed E-state index contributed by atoms with van der Waals surface area (Å²) in [7, 11) is 0. The van der Waals surface area contributed by atoms with Gasteiger partial charge in [-0.25, -0.2) is 4.39 Å². The summed E-state index contributed by atoms with van der Waals surface area (Å²) >= 11 is 0. The minimum absolute atomic E-state index is 0.423. The lowest BCUT2D eigenvalue weighted by Gasteiger charge is -2.26. The molecular formula is C25H35FN2. The molecule has 0 aliphatic carbocycles. The zero-order valence-electron chi connectivity index (χ0n) is 18.0. The number of aliphatic imine (C=N–C) groups is 1. The molecule has 2 nitrogen and oxygen atoms in total. The van der Waals surface area contributed by atoms with Crippen molar-refractivity contribution in [3.8, 4) is 0 Å². The average Bonchev–Trinajstić information content (AvgIpc) is 2.81. The summed E-state index contributed by atoms with van der Waals surface area (Å²) in [5.41, 5.74) is 5.55. The third-order valence-corrected chi connectivity index (χ3v) is 5.19. The maximum absolute atomic E-state index is 13.9. The number of nitrogens with zero attached hydrogens (tertiary/aromatic N) is 2. The topological polar surface area (TPSA) is 15.6 Å². The van der Waals surface area contributed by atoms with Crippen LogP contribution in [0, 0.1) is 0 Å². The van der Waals surface area contributed by atoms with E-state index in [4.69, 9.17) is 4.99 Å². The van der Waals surface area contributed by atoms with Gasteiger partial charge in [-0.2, -0.15) is 0 Å². The standard InChI is InChI=1S/C25H35FN2/c1-7-20(3)28-16-10-15-27-24(21(28)4)14-8-11-19(2)23-13-9-12-22(17-23)18-25(5,6)26/h9,12-13,15,17H,2-3,7-8,10-11,14,16,18H2,1,4-6H3. The van der Waals surface area contributed by atoms with E-state index in [-0.39, 0.29) is 0 Å². The Hall–Kier alpha value is -2.16. The molecule has 1 aliphatic rings. The lowest BCUT2D eigenvalue weighted by molar-refractivity contribution is 0.217. The molecule has 0 spiro atoms. The van der Waals surface area contributed by atoms with Gasteiger partial charge in [0, 0.05) is 37.0 Å². The van der Waals surface area contributed by atoms with Crippen LogP contribution in [0.3, 0.4) is 0 Å². The van der Waals surface area contributed by atoms with E-state index in [1.165, 1.54) is 5.70 Å². The molecule has 0 unspecified atom stereocenters. The lowest BCUT2D eigenvalue weighted by atomic mass is 9.95. The number of halogens is 1. The largest absolute Gasteiger partial charge is 0.347 e. The molecule has 0 atom stereocenters. The average molecular weight is 383 g/mol. The summed E-state index contributed by atoms with van der Waals surface area (Å²) in [5, 5.41) is 0. The van der Waals surface area contributed by atoms with Gasteiger partial charge < -0.3 is 4.90 Å². The van der Waals surface area contributed by atoms with Crippen molar-refractivity contribution in [2.45, 2.75) is 71.9 Å². The molecule has 1 aromatic rings. The van der Waals surface area contributed by atoms with Crippen molar-refractivity contribution in [1.29, 1.82) is 0 Å². The highest BCUT2D eigenvalue weighted by Crippen LogP contribution is 2.27. The van der Waals surface area contributed by atoms with Crippen molar-refractivity contribution < 1.29 is 4.39 Å². The Morgan fingerprint density at radius 1 is 1.29 bits per heavy atom. The number of rotatable bonds is 9. The number of allylic oxidation sites excluding steroid dienone is 4. The minimum atomic E-state index is -1.20. The summed E-state index contributed by atoms with van der Waals surface area (Å²) in [6.45, 7) is 17.0. The van der Waals surface area contributed by atoms with Gasteiger partial charge >= 0.3 is 0 Å². The maximum atomic E-state index is 13.9. The van der Waals surface area contributed by atoms with E-state index in [1.807, 2.05) is 18.3 Å². The highest BCUT2D eigenvalue weighted by Gasteiger charge is 2.17. The number of benzene rings is 1. The van der Waals surface area contributed by atoms with E-state index >= 15 is 0 Å². The van der Waals surface area contributed by atoms with Crippen LogP contribution in [0.15, 0.2) is 59.5 Å². The molecule has 0 aromatic heterocycles. The first-order chi connectivity index (χ1) is 13.2. The second-order valence-electron chi connectivity index (χ2n) is 8.26. The summed E-state index contributed by atoms with van der Waals surface area (Å²) in [5.74, 6) is 0. The Morgan fingerprint density at radius 3 is 2.71 bits per heavy atom. The van der Waals surface area contributed by atoms with Crippen molar-refractivity contribution >= 4 is 11.8 Å². The van der Waals surface area contributed by atoms with Crippen LogP contribution in [0.4, 0.5) is 4.39 Å². The molecule has 1 heterocycles. The molecule has 0 fully saturated rings. The molecule has 0 amide bonds. The lowest BCUT2D eigenvalue weighted by Crippen LogP contribution is -2.21. The van der Waals surface area contributed by atoms with Crippen molar-refractivity contribution in [3.63, 3.8) is 0 Å². The van der Waals surface area contributed by atoms with Gasteiger partial charge in [-0.1, -0.05) is 44.3 Å². The number of alkyl halides is 1. The van der Waals surface area contributed by atoms with Crippen LogP contribution >= 0.6 is 0 Å². The van der Waals surface area contributed by atoms with Gasteiger partial charge in [0.15, 0.2) is 0 Å². The van der Waals surface area contributed by atoms with Crippen molar-refractivity contribution in [3.05, 3.63) is 65.6 Å². The Bertz CT molecular complexity index is 765. The van der Waals surface area contributed by atoms with Gasteiger partial charge in [0.05, 0.1) is 5.70 Å². The van der Waals surface area contributed by atoms with Crippen LogP contribution < -0.4 is 0 Å². The predicted molar refractivity (Wildman–Crippen MR) is 120 cm³/mol. The van der Waals surface area contributed by atoms with Crippen molar-refractivity contribution in [2.75, 3.05) is 6.54 Å². The van der Waals surface area contributed by atoms with E-state index in [0.29, 0.717) is 6.42 Å². The Morgan fingerprint density at radius 2 is 2.04 bits per heavy atom. The molecule has 2 rings (SSSR count). The minimum Gasteiger partial charge on any atom is -0.347 e. The number of hydrogen-bond donors (Lipinski definition) is 0. The van der Waals surface area contributed by atoms with Gasteiger partial charge in [0.25, 0.3) is 0 Å². The second kappa shape index (κ2) is 9.86. The van der Waals surface area contributed by atoms with Gasteiger partial charge in [0.1, 0.15) is 5.67 Å². The molecule has 152 valence electrons. The first-order valence-corrected chi connectivity index (χ1v) is 10.3. The SMILES string of the molecule is C=C(CCCC1=C(C)N(C(=C)CC)CCC=N1)c1cccc(CC(C)(C)F)c1. The van der Waals surface area contributed by atoms with Crippen LogP contribution in [0.1, 0.15) is 70.9 Å². The van der Waals surface area contributed by atoms with Crippen LogP contribution in [0.2, 0.25) is 0 Å². The monoisotopic (exact) mass is 382 g/mol. The van der Waals surface area contributed by atoms with E-state index < -0.39 is 5.67 Å². The second-order valence-corrected chi connectivity index (χ2v) is 8.26. The molecule has 1 aliphatic heterocycles. The normalized spacial score (nSPS) is 15.0. The van der Waals surface area contributed by atoms with Crippen LogP contribution in [-0.2, 0) is 6.42 Å². The van der Waals surface area contributed by atoms with Gasteiger partial charge in [-0.15, -0.1) is 0 Å². The maximum Gasteiger partial charge on any atom is 0.109 e. The van der Waals surface area contributed by atoms with E-state index in [1.54, 1.807) is 13.8 Å². The summed E-state index contributed by atoms with van der Waals surface area (Å²) < 4.78 is 13.9. The molecule has 0 saturated carbocycles. The fraction of sp³-hybridized carbons (Fsp3) is 0.480. The summed E-state index contributed by atoms with van der Waals surface area (Å²) in [6.07, 6.45) is 7.17. The fourth-order valence-electron chi connectivity index (χ4n) is 3.61. The highest BCUT2D eigenvalue weighted by atomic mass is 19.1. The van der Waals surface area contributed by atoms with Crippen LogP contribution in [0.25, 0.3) is 5.57 Å². The van der Waals surface area contributed by atoms with Crippen molar-refractivity contribution in [1.82, 2.24) is 4.90 Å². The van der Waals surface area contributed by atoms with E-state index in [0.717, 1.165) is 66.7 Å². The van der Waals surface area contributed by atoms with Crippen LogP contribution in [0.5, 0.6) is 0 Å². The predicted octanol–water partition coefficient (Wildman–Crippen LogP) is 7.09. The smallest absolute Gasteiger partial charge is 0.109 e. The third-order valence-electron chi connectivity index (χ3n) is 5.19. The highest BCUT2D eigenvalue weighted by molar-refractivity contribution is 5.64. The summed E-state index contributed by atoms with van der Waals surface area (Å²) in [4.78, 5) is 7.00. The van der Waals surface area contributed by atoms with Gasteiger partial charge in [-0.05, 0) is 63.2 Å². The van der Waals surface area contributed by atoms with Gasteiger partial charge in [0.2, 0.25) is 0 Å². The zero-order valence-corrected chi connectivity index (χ0v) is 18.0. The Kier molecular flexibility index (Phi) is 7.79. The Labute approximate surface area is 170 Å². The van der Waals surface area contributed by atoms with E-state index in [2.05, 4.69) is 44.0 Å². The third kappa shape index (κ3) is 6.47. The summed E-state index contributed by atoms with van der Waals surface area (Å²) in [6, 6.07) is 8.13. The first-order valence-electron chi connectivity index (χ1n) is 10.3.